The molecule has 0 amide bonds. The summed E-state index contributed by atoms with van der Waals surface area (Å²) in [5.74, 6) is -2.96. The Labute approximate surface area is 116 Å². The predicted molar refractivity (Wildman–Crippen MR) is 67.6 cm³/mol. The van der Waals surface area contributed by atoms with Crippen LogP contribution in [0.2, 0.25) is 5.15 Å². The van der Waals surface area contributed by atoms with Crippen molar-refractivity contribution in [3.05, 3.63) is 23.2 Å². The number of hydrogen-bond donors (Lipinski definition) is 0. The van der Waals surface area contributed by atoms with Gasteiger partial charge in [0.2, 0.25) is 5.92 Å². The molecule has 104 valence electrons. The van der Waals surface area contributed by atoms with Gasteiger partial charge < -0.3 is 9.47 Å². The van der Waals surface area contributed by atoms with Gasteiger partial charge in [0.05, 0.1) is 7.11 Å². The zero-order chi connectivity index (χ0) is 14.6. The van der Waals surface area contributed by atoms with E-state index in [4.69, 9.17) is 16.3 Å². The van der Waals surface area contributed by atoms with Crippen LogP contribution in [0, 0.1) is 0 Å². The number of methoxy groups -OCH3 is 1. The topological polar surface area (TPSA) is 78.4 Å². The van der Waals surface area contributed by atoms with Gasteiger partial charge in [-0.15, -0.1) is 0 Å². The highest BCUT2D eigenvalue weighted by atomic mass is 35.5. The van der Waals surface area contributed by atoms with E-state index >= 15 is 0 Å². The number of rotatable bonds is 3. The van der Waals surface area contributed by atoms with Crippen LogP contribution in [0.4, 0.5) is 0 Å². The lowest BCUT2D eigenvalue weighted by Crippen LogP contribution is -2.33. The van der Waals surface area contributed by atoms with Crippen molar-refractivity contribution in [3.63, 3.8) is 0 Å². The number of nitrogens with zero attached hydrogens (tertiary/aromatic N) is 2. The Morgan fingerprint density at radius 1 is 1.32 bits per heavy atom. The molecule has 0 saturated heterocycles. The molecule has 1 aromatic rings. The number of carbonyl (C=O) groups excluding carboxylic acids is 2. The lowest BCUT2D eigenvalue weighted by atomic mass is 10.1. The second-order valence-electron chi connectivity index (χ2n) is 4.73. The van der Waals surface area contributed by atoms with E-state index in [1.54, 1.807) is 20.8 Å². The van der Waals surface area contributed by atoms with Crippen molar-refractivity contribution in [1.82, 2.24) is 9.97 Å². The van der Waals surface area contributed by atoms with Gasteiger partial charge in [0.25, 0.3) is 0 Å². The lowest BCUT2D eigenvalue weighted by molar-refractivity contribution is -0.163. The van der Waals surface area contributed by atoms with E-state index in [2.05, 4.69) is 14.7 Å². The van der Waals surface area contributed by atoms with Gasteiger partial charge in [-0.25, -0.2) is 9.97 Å². The number of ether oxygens (including phenoxy) is 2. The fourth-order valence-electron chi connectivity index (χ4n) is 1.28. The Morgan fingerprint density at radius 2 is 1.95 bits per heavy atom. The molecule has 1 atom stereocenters. The Bertz CT molecular complexity index is 485. The summed E-state index contributed by atoms with van der Waals surface area (Å²) in [5.41, 5.74) is -0.734. The van der Waals surface area contributed by atoms with E-state index < -0.39 is 23.5 Å². The Hall–Kier alpha value is -1.69. The molecule has 0 aliphatic rings. The second kappa shape index (κ2) is 5.97. The summed E-state index contributed by atoms with van der Waals surface area (Å²) < 4.78 is 9.73. The Balaban J connectivity index is 3.09. The fraction of sp³-hybridized carbons (Fsp3) is 0.500. The summed E-state index contributed by atoms with van der Waals surface area (Å²) in [6.45, 7) is 5.08. The highest BCUT2D eigenvalue weighted by Crippen LogP contribution is 2.20. The van der Waals surface area contributed by atoms with Gasteiger partial charge in [-0.1, -0.05) is 11.6 Å². The molecule has 0 aliphatic heterocycles. The van der Waals surface area contributed by atoms with Crippen molar-refractivity contribution in [2.45, 2.75) is 32.3 Å². The van der Waals surface area contributed by atoms with Gasteiger partial charge in [0.1, 0.15) is 10.8 Å². The van der Waals surface area contributed by atoms with Crippen LogP contribution in [-0.2, 0) is 19.1 Å². The first-order valence-corrected chi connectivity index (χ1v) is 5.91. The van der Waals surface area contributed by atoms with E-state index in [-0.39, 0.29) is 11.0 Å². The van der Waals surface area contributed by atoms with Crippen molar-refractivity contribution in [1.29, 1.82) is 0 Å². The largest absolute Gasteiger partial charge is 0.468 e. The number of hydrogen-bond acceptors (Lipinski definition) is 6. The van der Waals surface area contributed by atoms with Gasteiger partial charge in [-0.05, 0) is 26.8 Å². The minimum absolute atomic E-state index is 0.0476. The normalized spacial score (nSPS) is 12.7. The molecule has 0 bridgehead atoms. The van der Waals surface area contributed by atoms with Crippen molar-refractivity contribution in [3.8, 4) is 0 Å². The highest BCUT2D eigenvalue weighted by Gasteiger charge is 2.36. The average Bonchev–Trinajstić information content (AvgIpc) is 2.26. The molecule has 0 spiro atoms. The van der Waals surface area contributed by atoms with Gasteiger partial charge in [-0.3, -0.25) is 9.59 Å². The van der Waals surface area contributed by atoms with Crippen LogP contribution >= 0.6 is 11.6 Å². The maximum Gasteiger partial charge on any atom is 0.328 e. The molecular weight excluding hydrogens is 272 g/mol. The lowest BCUT2D eigenvalue weighted by Gasteiger charge is -2.22. The fourth-order valence-corrected chi connectivity index (χ4v) is 1.42. The molecule has 1 aromatic heterocycles. The summed E-state index contributed by atoms with van der Waals surface area (Å²) in [6, 6.07) is 1.44. The predicted octanol–water partition coefficient (Wildman–Crippen LogP) is 1.73. The van der Waals surface area contributed by atoms with Crippen LogP contribution in [0.25, 0.3) is 0 Å². The molecule has 1 unspecified atom stereocenters. The smallest absolute Gasteiger partial charge is 0.328 e. The molecule has 0 aromatic carbocycles. The molecule has 0 fully saturated rings. The van der Waals surface area contributed by atoms with E-state index in [9.17, 15) is 9.59 Å². The molecule has 0 saturated carbocycles. The van der Waals surface area contributed by atoms with Crippen LogP contribution in [0.1, 0.15) is 32.5 Å². The molecule has 1 rings (SSSR count). The average molecular weight is 287 g/mol. The standard InChI is InChI=1S/C12H15ClN2O4/c1-12(2,3)19-11(17)8(10(16)18-4)9-14-6-5-7(13)15-9/h5-6,8H,1-4H3. The SMILES string of the molecule is COC(=O)C(C(=O)OC(C)(C)C)c1nccc(Cl)n1. The zero-order valence-corrected chi connectivity index (χ0v) is 11.9. The minimum Gasteiger partial charge on any atom is -0.468 e. The van der Waals surface area contributed by atoms with E-state index in [1.807, 2.05) is 0 Å². The third-order valence-electron chi connectivity index (χ3n) is 1.98. The maximum atomic E-state index is 12.0. The molecule has 1 heterocycles. The number of aromatic nitrogens is 2. The second-order valence-corrected chi connectivity index (χ2v) is 5.11. The van der Waals surface area contributed by atoms with E-state index in [0.717, 1.165) is 0 Å². The number of halogens is 1. The summed E-state index contributed by atoms with van der Waals surface area (Å²) in [5, 5.41) is 0.127. The van der Waals surface area contributed by atoms with Crippen LogP contribution in [0.3, 0.4) is 0 Å². The van der Waals surface area contributed by atoms with Gasteiger partial charge in [-0.2, -0.15) is 0 Å². The van der Waals surface area contributed by atoms with Gasteiger partial charge in [0.15, 0.2) is 5.82 Å². The third kappa shape index (κ3) is 4.48. The number of esters is 2. The third-order valence-corrected chi connectivity index (χ3v) is 2.19. The van der Waals surface area contributed by atoms with Gasteiger partial charge in [0, 0.05) is 6.20 Å². The zero-order valence-electron chi connectivity index (χ0n) is 11.1. The maximum absolute atomic E-state index is 12.0. The first kappa shape index (κ1) is 15.4. The molecule has 0 radical (unpaired) electrons. The van der Waals surface area contributed by atoms with E-state index in [0.29, 0.717) is 0 Å². The summed E-state index contributed by atoms with van der Waals surface area (Å²) in [7, 11) is 1.17. The molecular formula is C12H15ClN2O4. The van der Waals surface area contributed by atoms with Gasteiger partial charge >= 0.3 is 11.9 Å². The molecule has 6 nitrogen and oxygen atoms in total. The highest BCUT2D eigenvalue weighted by molar-refractivity contribution is 6.29. The summed E-state index contributed by atoms with van der Waals surface area (Å²) >= 11 is 5.72. The van der Waals surface area contributed by atoms with Crippen molar-refractivity contribution < 1.29 is 19.1 Å². The van der Waals surface area contributed by atoms with E-state index in [1.165, 1.54) is 19.4 Å². The van der Waals surface area contributed by atoms with Crippen molar-refractivity contribution >= 4 is 23.5 Å². The number of carbonyl (C=O) groups is 2. The van der Waals surface area contributed by atoms with Crippen LogP contribution in [0.5, 0.6) is 0 Å². The Kier molecular flexibility index (Phi) is 4.83. The minimum atomic E-state index is -1.34. The molecule has 0 N–H and O–H groups in total. The molecule has 19 heavy (non-hydrogen) atoms. The van der Waals surface area contributed by atoms with Crippen LogP contribution < -0.4 is 0 Å². The molecule has 0 aliphatic carbocycles. The van der Waals surface area contributed by atoms with Crippen molar-refractivity contribution in [2.24, 2.45) is 0 Å². The Morgan fingerprint density at radius 3 is 2.42 bits per heavy atom. The van der Waals surface area contributed by atoms with Crippen LogP contribution in [0.15, 0.2) is 12.3 Å². The first-order valence-electron chi connectivity index (χ1n) is 5.53. The molecule has 7 heteroatoms. The van der Waals surface area contributed by atoms with Crippen molar-refractivity contribution in [2.75, 3.05) is 7.11 Å². The van der Waals surface area contributed by atoms with Crippen LogP contribution in [-0.4, -0.2) is 34.6 Å². The quantitative estimate of drug-likeness (QED) is 0.478. The summed E-state index contributed by atoms with van der Waals surface area (Å²) in [6.07, 6.45) is 1.35. The summed E-state index contributed by atoms with van der Waals surface area (Å²) in [4.78, 5) is 31.4. The first-order chi connectivity index (χ1) is 8.74. The monoisotopic (exact) mass is 286 g/mol.